The van der Waals surface area contributed by atoms with E-state index < -0.39 is 26.5 Å². The number of rotatable bonds is 5. The minimum atomic E-state index is -3.80. The maximum atomic E-state index is 12.6. The minimum Gasteiger partial charge on any atom is -0.507 e. The Morgan fingerprint density at radius 1 is 1.09 bits per heavy atom. The summed E-state index contributed by atoms with van der Waals surface area (Å²) in [5.74, 6) is -1.73. The van der Waals surface area contributed by atoms with Gasteiger partial charge in [0.1, 0.15) is 17.1 Å². The molecule has 2 aromatic rings. The van der Waals surface area contributed by atoms with Crippen molar-refractivity contribution < 1.29 is 28.2 Å². The molecule has 0 fully saturated rings. The van der Waals surface area contributed by atoms with Crippen LogP contribution in [-0.2, 0) is 9.84 Å². The van der Waals surface area contributed by atoms with Crippen molar-refractivity contribution in [2.75, 3.05) is 0 Å². The molecule has 0 bridgehead atoms. The van der Waals surface area contributed by atoms with Crippen LogP contribution in [0.2, 0.25) is 0 Å². The van der Waals surface area contributed by atoms with E-state index in [1.807, 2.05) is 0 Å². The second-order valence-corrected chi connectivity index (χ2v) is 7.76. The van der Waals surface area contributed by atoms with E-state index in [2.05, 4.69) is 0 Å². The number of phenols is 1. The Morgan fingerprint density at radius 3 is 2.22 bits per heavy atom. The molecule has 2 aromatic carbocycles. The summed E-state index contributed by atoms with van der Waals surface area (Å²) in [6.45, 7) is 2.77. The van der Waals surface area contributed by atoms with Gasteiger partial charge in [-0.1, -0.05) is 18.2 Å². The first-order valence-corrected chi connectivity index (χ1v) is 8.18. The zero-order valence-electron chi connectivity index (χ0n) is 12.6. The molecule has 0 atom stereocenters. The van der Waals surface area contributed by atoms with Gasteiger partial charge in [-0.15, -0.1) is 0 Å². The van der Waals surface area contributed by atoms with E-state index in [9.17, 15) is 18.3 Å². The van der Waals surface area contributed by atoms with Gasteiger partial charge in [-0.25, -0.2) is 13.2 Å². The molecule has 0 aromatic heterocycles. The number of ether oxygens (including phenoxy) is 1. The van der Waals surface area contributed by atoms with E-state index in [0.29, 0.717) is 0 Å². The van der Waals surface area contributed by atoms with Gasteiger partial charge in [-0.05, 0) is 38.1 Å². The summed E-state index contributed by atoms with van der Waals surface area (Å²) in [6, 6.07) is 11.4. The van der Waals surface area contributed by atoms with Crippen molar-refractivity contribution in [2.24, 2.45) is 0 Å². The Bertz CT molecular complexity index is 825. The van der Waals surface area contributed by atoms with Gasteiger partial charge in [0.15, 0.2) is 0 Å². The fourth-order valence-corrected chi connectivity index (χ4v) is 3.27. The van der Waals surface area contributed by atoms with Crippen molar-refractivity contribution in [1.29, 1.82) is 0 Å². The Morgan fingerprint density at radius 2 is 1.70 bits per heavy atom. The molecular weight excluding hydrogens is 320 g/mol. The highest BCUT2D eigenvalue weighted by molar-refractivity contribution is 7.92. The predicted molar refractivity (Wildman–Crippen MR) is 83.4 cm³/mol. The summed E-state index contributed by atoms with van der Waals surface area (Å²) >= 11 is 0. The molecule has 0 aliphatic carbocycles. The molecule has 0 heterocycles. The zero-order valence-corrected chi connectivity index (χ0v) is 13.4. The average molecular weight is 336 g/mol. The van der Waals surface area contributed by atoms with Gasteiger partial charge in [0.05, 0.1) is 4.90 Å². The first kappa shape index (κ1) is 16.8. The summed E-state index contributed by atoms with van der Waals surface area (Å²) in [5.41, 5.74) is -0.291. The summed E-state index contributed by atoms with van der Waals surface area (Å²) in [6.07, 6.45) is 0. The van der Waals surface area contributed by atoms with Gasteiger partial charge in [-0.2, -0.15) is 0 Å². The molecule has 23 heavy (non-hydrogen) atoms. The highest BCUT2D eigenvalue weighted by Crippen LogP contribution is 2.31. The van der Waals surface area contributed by atoms with E-state index in [0.717, 1.165) is 12.1 Å². The highest BCUT2D eigenvalue weighted by atomic mass is 32.2. The maximum Gasteiger partial charge on any atom is 0.339 e. The van der Waals surface area contributed by atoms with Gasteiger partial charge >= 0.3 is 5.97 Å². The van der Waals surface area contributed by atoms with Crippen molar-refractivity contribution >= 4 is 15.8 Å². The molecule has 7 heteroatoms. The number of carboxylic acid groups (broad SMARTS) is 1. The van der Waals surface area contributed by atoms with Crippen LogP contribution in [0, 0.1) is 0 Å². The largest absolute Gasteiger partial charge is 0.507 e. The highest BCUT2D eigenvalue weighted by Gasteiger charge is 2.38. The molecule has 0 amide bonds. The number of hydrogen-bond donors (Lipinski definition) is 2. The van der Waals surface area contributed by atoms with Gasteiger partial charge < -0.3 is 14.9 Å². The lowest BCUT2D eigenvalue weighted by Crippen LogP contribution is -2.38. The molecule has 0 aliphatic heterocycles. The first-order valence-electron chi connectivity index (χ1n) is 6.70. The van der Waals surface area contributed by atoms with Gasteiger partial charge in [-0.3, -0.25) is 0 Å². The van der Waals surface area contributed by atoms with Crippen LogP contribution in [0.5, 0.6) is 11.5 Å². The number of hydrogen-bond acceptors (Lipinski definition) is 5. The summed E-state index contributed by atoms with van der Waals surface area (Å²) in [5, 5.41) is 18.5. The molecule has 0 unspecified atom stereocenters. The van der Waals surface area contributed by atoms with E-state index in [4.69, 9.17) is 9.84 Å². The lowest BCUT2D eigenvalue weighted by Gasteiger charge is -2.26. The Balaban J connectivity index is 2.35. The number of sulfone groups is 1. The van der Waals surface area contributed by atoms with Crippen LogP contribution in [0.3, 0.4) is 0 Å². The molecular formula is C16H16O6S. The van der Waals surface area contributed by atoms with Crippen LogP contribution >= 0.6 is 0 Å². The van der Waals surface area contributed by atoms with Crippen LogP contribution in [0.15, 0.2) is 53.4 Å². The SMILES string of the molecule is CC(C)(Oc1ccc(C(=O)O)c(O)c1)S(=O)(=O)c1ccccc1. The quantitative estimate of drug-likeness (QED) is 0.870. The normalized spacial score (nSPS) is 11.9. The Kier molecular flexibility index (Phi) is 4.33. The fourth-order valence-electron chi connectivity index (χ4n) is 1.98. The van der Waals surface area contributed by atoms with Gasteiger partial charge in [0, 0.05) is 6.07 Å². The van der Waals surface area contributed by atoms with E-state index >= 15 is 0 Å². The Labute approximate surface area is 133 Å². The van der Waals surface area contributed by atoms with E-state index in [-0.39, 0.29) is 16.2 Å². The summed E-state index contributed by atoms with van der Waals surface area (Å²) < 4.78 is 30.8. The number of carbonyl (C=O) groups is 1. The molecule has 0 saturated carbocycles. The maximum absolute atomic E-state index is 12.6. The van der Waals surface area contributed by atoms with Crippen LogP contribution in [0.4, 0.5) is 0 Å². The lowest BCUT2D eigenvalue weighted by molar-refractivity contribution is 0.0693. The lowest BCUT2D eigenvalue weighted by atomic mass is 10.2. The molecule has 2 N–H and O–H groups in total. The van der Waals surface area contributed by atoms with Crippen LogP contribution < -0.4 is 4.74 Å². The van der Waals surface area contributed by atoms with Gasteiger partial charge in [0.25, 0.3) is 0 Å². The first-order chi connectivity index (χ1) is 10.6. The molecule has 2 rings (SSSR count). The third-order valence-electron chi connectivity index (χ3n) is 3.26. The molecule has 0 saturated heterocycles. The topological polar surface area (TPSA) is 101 Å². The number of aromatic carboxylic acids is 1. The molecule has 6 nitrogen and oxygen atoms in total. The third-order valence-corrected chi connectivity index (χ3v) is 5.53. The standard InChI is InChI=1S/C16H16O6S/c1-16(2,23(20,21)12-6-4-3-5-7-12)22-11-8-9-13(15(18)19)14(17)10-11/h3-10,17H,1-2H3,(H,18,19). The van der Waals surface area contributed by atoms with Gasteiger partial charge in [0.2, 0.25) is 14.8 Å². The number of benzene rings is 2. The zero-order chi connectivity index (χ0) is 17.3. The van der Waals surface area contributed by atoms with Crippen LogP contribution in [0.25, 0.3) is 0 Å². The van der Waals surface area contributed by atoms with Crippen molar-refractivity contribution in [3.05, 3.63) is 54.1 Å². The van der Waals surface area contributed by atoms with Crippen molar-refractivity contribution in [3.63, 3.8) is 0 Å². The number of carboxylic acids is 1. The van der Waals surface area contributed by atoms with Crippen molar-refractivity contribution in [3.8, 4) is 11.5 Å². The van der Waals surface area contributed by atoms with Crippen molar-refractivity contribution in [1.82, 2.24) is 0 Å². The van der Waals surface area contributed by atoms with Crippen LogP contribution in [-0.4, -0.2) is 29.5 Å². The average Bonchev–Trinajstić information content (AvgIpc) is 2.47. The molecule has 0 spiro atoms. The third kappa shape index (κ3) is 3.29. The second-order valence-electron chi connectivity index (χ2n) is 5.30. The second kappa shape index (κ2) is 5.92. The summed E-state index contributed by atoms with van der Waals surface area (Å²) in [4.78, 5) is 9.37. The molecule has 0 radical (unpaired) electrons. The molecule has 0 aliphatic rings. The fraction of sp³-hybridized carbons (Fsp3) is 0.188. The van der Waals surface area contributed by atoms with Crippen LogP contribution in [0.1, 0.15) is 24.2 Å². The summed E-state index contributed by atoms with van der Waals surface area (Å²) in [7, 11) is -3.80. The smallest absolute Gasteiger partial charge is 0.339 e. The minimum absolute atomic E-state index is 0.0528. The predicted octanol–water partition coefficient (Wildman–Crippen LogP) is 2.68. The Hall–Kier alpha value is -2.54. The monoisotopic (exact) mass is 336 g/mol. The van der Waals surface area contributed by atoms with E-state index in [1.54, 1.807) is 18.2 Å². The number of aromatic hydroxyl groups is 1. The van der Waals surface area contributed by atoms with Crippen molar-refractivity contribution in [2.45, 2.75) is 23.7 Å². The van der Waals surface area contributed by atoms with E-state index in [1.165, 1.54) is 32.0 Å². The molecule has 122 valence electrons.